The van der Waals surface area contributed by atoms with Crippen LogP contribution in [0.4, 0.5) is 13.2 Å². The first kappa shape index (κ1) is 9.63. The van der Waals surface area contributed by atoms with E-state index in [9.17, 15) is 18.0 Å². The zero-order valence-electron chi connectivity index (χ0n) is 7.08. The zero-order valence-corrected chi connectivity index (χ0v) is 7.08. The molecule has 0 unspecified atom stereocenters. The van der Waals surface area contributed by atoms with Crippen LogP contribution in [0, 0.1) is 0 Å². The molecule has 0 bridgehead atoms. The largest absolute Gasteiger partial charge is 0.491 e. The molecule has 7 heteroatoms. The molecule has 0 amide bonds. The molecule has 0 saturated heterocycles. The summed E-state index contributed by atoms with van der Waals surface area (Å²) in [6.45, 7) is 0. The normalized spacial score (nSPS) is 18.2. The fourth-order valence-electron chi connectivity index (χ4n) is 1.04. The second kappa shape index (κ2) is 3.04. The van der Waals surface area contributed by atoms with Crippen LogP contribution in [0.1, 0.15) is 0 Å². The van der Waals surface area contributed by atoms with E-state index in [0.29, 0.717) is 5.57 Å². The third-order valence-electron chi connectivity index (χ3n) is 1.70. The van der Waals surface area contributed by atoms with Crippen molar-refractivity contribution >= 4 is 18.1 Å². The minimum Gasteiger partial charge on any atom is -0.400 e. The van der Waals surface area contributed by atoms with Gasteiger partial charge >= 0.3 is 12.1 Å². The molecule has 0 saturated carbocycles. The van der Waals surface area contributed by atoms with Gasteiger partial charge in [0.25, 0.3) is 0 Å². The Morgan fingerprint density at radius 1 is 1.33 bits per heavy atom. The molecular formula is C8H3F3N2O2. The van der Waals surface area contributed by atoms with Gasteiger partial charge < -0.3 is 4.74 Å². The number of aliphatic imine (C=N–C) groups is 2. The van der Waals surface area contributed by atoms with Crippen LogP contribution in [0.25, 0.3) is 0 Å². The lowest BCUT2D eigenvalue weighted by Crippen LogP contribution is -2.28. The van der Waals surface area contributed by atoms with E-state index in [2.05, 4.69) is 14.7 Å². The van der Waals surface area contributed by atoms with Gasteiger partial charge in [0.15, 0.2) is 0 Å². The van der Waals surface area contributed by atoms with E-state index in [1.165, 1.54) is 18.6 Å². The molecule has 2 aliphatic rings. The molecule has 0 aromatic rings. The fraction of sp³-hybridized carbons (Fsp3) is 0.125. The molecule has 0 N–H and O–H groups in total. The van der Waals surface area contributed by atoms with Gasteiger partial charge in [0.1, 0.15) is 0 Å². The van der Waals surface area contributed by atoms with Gasteiger partial charge in [-0.1, -0.05) is 0 Å². The molecule has 0 spiro atoms. The summed E-state index contributed by atoms with van der Waals surface area (Å²) in [6, 6.07) is 0. The monoisotopic (exact) mass is 216 g/mol. The number of alkyl halides is 3. The predicted molar refractivity (Wildman–Crippen MR) is 44.2 cm³/mol. The highest BCUT2D eigenvalue weighted by Gasteiger charge is 2.43. The standard InChI is InChI=1S/C8H3F3N2O2/c9-8(10,11)7(14)15-6-5-3-12-1-4(5)2-13-6/h1-3H. The molecular weight excluding hydrogens is 213 g/mol. The highest BCUT2D eigenvalue weighted by Crippen LogP contribution is 2.25. The lowest BCUT2D eigenvalue weighted by molar-refractivity contribution is -0.191. The van der Waals surface area contributed by atoms with Gasteiger partial charge in [-0.05, 0) is 0 Å². The molecule has 2 heterocycles. The quantitative estimate of drug-likeness (QED) is 0.574. The van der Waals surface area contributed by atoms with Crippen molar-refractivity contribution in [2.75, 3.05) is 0 Å². The van der Waals surface area contributed by atoms with Crippen LogP contribution in [0.3, 0.4) is 0 Å². The van der Waals surface area contributed by atoms with Gasteiger partial charge in [0, 0.05) is 24.2 Å². The number of fused-ring (bicyclic) bond motifs is 1. The summed E-state index contributed by atoms with van der Waals surface area (Å²) >= 11 is 0. The van der Waals surface area contributed by atoms with Crippen molar-refractivity contribution in [2.45, 2.75) is 6.18 Å². The predicted octanol–water partition coefficient (Wildman–Crippen LogP) is 1.36. The molecule has 15 heavy (non-hydrogen) atoms. The van der Waals surface area contributed by atoms with Crippen molar-refractivity contribution < 1.29 is 22.7 Å². The molecule has 4 nitrogen and oxygen atoms in total. The number of hydrogen-bond donors (Lipinski definition) is 0. The molecule has 0 fully saturated rings. The summed E-state index contributed by atoms with van der Waals surface area (Å²) in [5, 5.41) is 0. The van der Waals surface area contributed by atoms with E-state index in [1.807, 2.05) is 0 Å². The summed E-state index contributed by atoms with van der Waals surface area (Å²) in [6.07, 6.45) is -1.05. The van der Waals surface area contributed by atoms with E-state index >= 15 is 0 Å². The molecule has 2 aliphatic heterocycles. The zero-order chi connectivity index (χ0) is 11.1. The van der Waals surface area contributed by atoms with Gasteiger partial charge in [-0.3, -0.25) is 4.99 Å². The van der Waals surface area contributed by atoms with E-state index in [-0.39, 0.29) is 11.5 Å². The van der Waals surface area contributed by atoms with E-state index < -0.39 is 12.1 Å². The summed E-state index contributed by atoms with van der Waals surface area (Å²) in [7, 11) is 0. The third-order valence-corrected chi connectivity index (χ3v) is 1.70. The fourth-order valence-corrected chi connectivity index (χ4v) is 1.04. The van der Waals surface area contributed by atoms with Crippen LogP contribution in [-0.4, -0.2) is 24.3 Å². The van der Waals surface area contributed by atoms with E-state index in [0.717, 1.165) is 0 Å². The van der Waals surface area contributed by atoms with Crippen LogP contribution in [0.2, 0.25) is 0 Å². The van der Waals surface area contributed by atoms with Crippen LogP contribution >= 0.6 is 0 Å². The first-order valence-electron chi connectivity index (χ1n) is 3.79. The number of carbonyl (C=O) groups excluding carboxylic acids is 1. The first-order valence-corrected chi connectivity index (χ1v) is 3.79. The Balaban J connectivity index is 2.08. The van der Waals surface area contributed by atoms with Crippen LogP contribution < -0.4 is 0 Å². The number of rotatable bonds is 0. The van der Waals surface area contributed by atoms with Gasteiger partial charge in [0.2, 0.25) is 5.90 Å². The van der Waals surface area contributed by atoms with Crippen molar-refractivity contribution in [3.8, 4) is 0 Å². The summed E-state index contributed by atoms with van der Waals surface area (Å²) < 4.78 is 39.6. The Morgan fingerprint density at radius 3 is 2.73 bits per heavy atom. The minimum atomic E-state index is -5.02. The molecule has 78 valence electrons. The number of hydrogen-bond acceptors (Lipinski definition) is 4. The second-order valence-corrected chi connectivity index (χ2v) is 2.73. The van der Waals surface area contributed by atoms with Gasteiger partial charge in [0.05, 0.1) is 5.57 Å². The molecule has 0 atom stereocenters. The summed E-state index contributed by atoms with van der Waals surface area (Å²) in [5.41, 5.74) is 0.813. The maximum Gasteiger partial charge on any atom is 0.491 e. The Morgan fingerprint density at radius 2 is 2.07 bits per heavy atom. The average molecular weight is 216 g/mol. The SMILES string of the molecule is O=C(OC1=NC=C2C=NC=C21)C(F)(F)F. The van der Waals surface area contributed by atoms with Crippen LogP contribution in [-0.2, 0) is 9.53 Å². The van der Waals surface area contributed by atoms with Crippen molar-refractivity contribution in [1.29, 1.82) is 0 Å². The maximum absolute atomic E-state index is 11.8. The number of carbonyl (C=O) groups is 1. The third kappa shape index (κ3) is 1.67. The maximum atomic E-state index is 11.8. The van der Waals surface area contributed by atoms with Crippen molar-refractivity contribution in [3.05, 3.63) is 23.5 Å². The topological polar surface area (TPSA) is 51.0 Å². The summed E-state index contributed by atoms with van der Waals surface area (Å²) in [4.78, 5) is 17.7. The summed E-state index contributed by atoms with van der Waals surface area (Å²) in [5.74, 6) is -2.66. The number of esters is 1. The minimum absolute atomic E-state index is 0.285. The number of halogens is 3. The molecule has 0 aromatic heterocycles. The van der Waals surface area contributed by atoms with E-state index in [1.54, 1.807) is 0 Å². The number of ether oxygens (including phenoxy) is 1. The average Bonchev–Trinajstić information content (AvgIpc) is 2.67. The Kier molecular flexibility index (Phi) is 1.95. The Hall–Kier alpha value is -1.92. The molecule has 0 aromatic carbocycles. The van der Waals surface area contributed by atoms with Gasteiger partial charge in [-0.25, -0.2) is 9.79 Å². The van der Waals surface area contributed by atoms with Gasteiger partial charge in [-0.15, -0.1) is 0 Å². The number of nitrogens with zero attached hydrogens (tertiary/aromatic N) is 2. The van der Waals surface area contributed by atoms with E-state index in [4.69, 9.17) is 0 Å². The molecule has 2 rings (SSSR count). The second-order valence-electron chi connectivity index (χ2n) is 2.73. The highest BCUT2D eigenvalue weighted by molar-refractivity contribution is 6.13. The lowest BCUT2D eigenvalue weighted by Gasteiger charge is -2.06. The van der Waals surface area contributed by atoms with Crippen molar-refractivity contribution in [1.82, 2.24) is 0 Å². The highest BCUT2D eigenvalue weighted by atomic mass is 19.4. The van der Waals surface area contributed by atoms with Crippen LogP contribution in [0.5, 0.6) is 0 Å². The van der Waals surface area contributed by atoms with Crippen molar-refractivity contribution in [2.24, 2.45) is 9.98 Å². The van der Waals surface area contributed by atoms with Gasteiger partial charge in [-0.2, -0.15) is 13.2 Å². The first-order chi connectivity index (χ1) is 6.98. The Bertz CT molecular complexity index is 443. The van der Waals surface area contributed by atoms with Crippen LogP contribution in [0.15, 0.2) is 33.5 Å². The smallest absolute Gasteiger partial charge is 0.400 e. The van der Waals surface area contributed by atoms with Crippen molar-refractivity contribution in [3.63, 3.8) is 0 Å². The lowest BCUT2D eigenvalue weighted by atomic mass is 10.2. The Labute approximate surface area is 81.5 Å². The molecule has 0 aliphatic carbocycles. The molecule has 0 radical (unpaired) electrons.